The predicted molar refractivity (Wildman–Crippen MR) is 80.3 cm³/mol. The fourth-order valence-electron chi connectivity index (χ4n) is 1.87. The normalized spacial score (nSPS) is 10.5. The van der Waals surface area contributed by atoms with Gasteiger partial charge in [0.1, 0.15) is 5.82 Å². The van der Waals surface area contributed by atoms with Crippen LogP contribution < -0.4 is 0 Å². The highest BCUT2D eigenvalue weighted by Crippen LogP contribution is 2.18. The van der Waals surface area contributed by atoms with E-state index in [-0.39, 0.29) is 23.1 Å². The molecule has 5 nitrogen and oxygen atoms in total. The molecule has 3 aromatic rings. The number of rotatable bonds is 4. The zero-order valence-corrected chi connectivity index (χ0v) is 12.5. The number of esters is 1. The third-order valence-corrected chi connectivity index (χ3v) is 3.20. The number of aromatic nitrogens is 2. The molecule has 0 atom stereocenters. The molecule has 3 rings (SSSR count). The summed E-state index contributed by atoms with van der Waals surface area (Å²) in [6.07, 6.45) is 0. The highest BCUT2D eigenvalue weighted by atomic mass is 35.5. The van der Waals surface area contributed by atoms with E-state index in [9.17, 15) is 9.18 Å². The Morgan fingerprint density at radius 1 is 1.17 bits per heavy atom. The van der Waals surface area contributed by atoms with Gasteiger partial charge in [0.15, 0.2) is 6.61 Å². The molecule has 0 spiro atoms. The Bertz CT molecular complexity index is 836. The van der Waals surface area contributed by atoms with Gasteiger partial charge in [-0.05, 0) is 30.3 Å². The van der Waals surface area contributed by atoms with Gasteiger partial charge in [-0.15, -0.1) is 10.2 Å². The van der Waals surface area contributed by atoms with Gasteiger partial charge in [-0.25, -0.2) is 9.18 Å². The number of benzene rings is 2. The molecule has 0 aliphatic rings. The van der Waals surface area contributed by atoms with Crippen molar-refractivity contribution in [1.29, 1.82) is 0 Å². The van der Waals surface area contributed by atoms with Crippen LogP contribution in [0, 0.1) is 5.82 Å². The summed E-state index contributed by atoms with van der Waals surface area (Å²) in [7, 11) is 0. The van der Waals surface area contributed by atoms with Gasteiger partial charge in [0.05, 0.1) is 5.56 Å². The van der Waals surface area contributed by atoms with E-state index in [0.29, 0.717) is 5.89 Å². The molecule has 0 aliphatic carbocycles. The monoisotopic (exact) mass is 332 g/mol. The standard InChI is InChI=1S/C16H10ClFN2O3/c17-11-6-7-12(13(18)8-11)16(21)22-9-14-19-20-15(23-14)10-4-2-1-3-5-10/h1-8H,9H2. The molecule has 1 heterocycles. The van der Waals surface area contributed by atoms with Gasteiger partial charge < -0.3 is 9.15 Å². The summed E-state index contributed by atoms with van der Waals surface area (Å²) < 4.78 is 24.0. The van der Waals surface area contributed by atoms with Crippen molar-refractivity contribution < 1.29 is 18.3 Å². The van der Waals surface area contributed by atoms with Gasteiger partial charge in [0, 0.05) is 10.6 Å². The maximum Gasteiger partial charge on any atom is 0.341 e. The van der Waals surface area contributed by atoms with Crippen LogP contribution in [-0.4, -0.2) is 16.2 Å². The third kappa shape index (κ3) is 3.54. The first-order valence-corrected chi connectivity index (χ1v) is 7.01. The molecule has 0 fully saturated rings. The Kier molecular flexibility index (Phi) is 4.34. The zero-order valence-electron chi connectivity index (χ0n) is 11.7. The summed E-state index contributed by atoms with van der Waals surface area (Å²) in [6.45, 7) is -0.249. The first-order valence-electron chi connectivity index (χ1n) is 6.63. The number of carbonyl (C=O) groups is 1. The molecule has 0 saturated carbocycles. The van der Waals surface area contributed by atoms with Gasteiger partial charge in [-0.1, -0.05) is 29.8 Å². The number of halogens is 2. The van der Waals surface area contributed by atoms with E-state index in [1.165, 1.54) is 12.1 Å². The summed E-state index contributed by atoms with van der Waals surface area (Å²) in [5.74, 6) is -1.16. The van der Waals surface area contributed by atoms with Crippen molar-refractivity contribution in [3.8, 4) is 11.5 Å². The van der Waals surface area contributed by atoms with Crippen LogP contribution in [0.1, 0.15) is 16.2 Å². The van der Waals surface area contributed by atoms with Gasteiger partial charge in [0.2, 0.25) is 5.89 Å². The second-order valence-electron chi connectivity index (χ2n) is 4.57. The maximum atomic E-state index is 13.6. The summed E-state index contributed by atoms with van der Waals surface area (Å²) in [5.41, 5.74) is 0.540. The van der Waals surface area contributed by atoms with E-state index in [1.807, 2.05) is 30.3 Å². The van der Waals surface area contributed by atoms with Crippen LogP contribution in [0.2, 0.25) is 5.02 Å². The number of hydrogen-bond acceptors (Lipinski definition) is 5. The number of hydrogen-bond donors (Lipinski definition) is 0. The zero-order chi connectivity index (χ0) is 16.2. The summed E-state index contributed by atoms with van der Waals surface area (Å²) in [4.78, 5) is 11.8. The van der Waals surface area contributed by atoms with Crippen molar-refractivity contribution >= 4 is 17.6 Å². The molecule has 0 bridgehead atoms. The molecule has 116 valence electrons. The largest absolute Gasteiger partial charge is 0.452 e. The Hall–Kier alpha value is -2.73. The molecule has 1 aromatic heterocycles. The van der Waals surface area contributed by atoms with E-state index >= 15 is 0 Å². The lowest BCUT2D eigenvalue weighted by Crippen LogP contribution is -2.07. The van der Waals surface area contributed by atoms with Crippen LogP contribution in [0.25, 0.3) is 11.5 Å². The smallest absolute Gasteiger partial charge is 0.341 e. The molecule has 0 N–H and O–H groups in total. The fourth-order valence-corrected chi connectivity index (χ4v) is 2.03. The Labute approximate surface area is 135 Å². The van der Waals surface area contributed by atoms with Crippen LogP contribution in [-0.2, 0) is 11.3 Å². The van der Waals surface area contributed by atoms with Crippen LogP contribution in [0.3, 0.4) is 0 Å². The molecular weight excluding hydrogens is 323 g/mol. The molecule has 0 aliphatic heterocycles. The van der Waals surface area contributed by atoms with Gasteiger partial charge in [0.25, 0.3) is 5.89 Å². The van der Waals surface area contributed by atoms with E-state index < -0.39 is 11.8 Å². The third-order valence-electron chi connectivity index (χ3n) is 2.97. The van der Waals surface area contributed by atoms with Crippen LogP contribution in [0.5, 0.6) is 0 Å². The first-order chi connectivity index (χ1) is 11.1. The minimum absolute atomic E-state index is 0.117. The number of carbonyl (C=O) groups excluding carboxylic acids is 1. The molecule has 0 unspecified atom stereocenters. The minimum atomic E-state index is -0.835. The first kappa shape index (κ1) is 15.2. The quantitative estimate of drug-likeness (QED) is 0.678. The number of ether oxygens (including phenoxy) is 1. The van der Waals surface area contributed by atoms with Gasteiger partial charge in [-0.3, -0.25) is 0 Å². The van der Waals surface area contributed by atoms with Crippen molar-refractivity contribution in [1.82, 2.24) is 10.2 Å². The highest BCUT2D eigenvalue weighted by Gasteiger charge is 2.15. The van der Waals surface area contributed by atoms with Gasteiger partial charge in [-0.2, -0.15) is 0 Å². The lowest BCUT2D eigenvalue weighted by Gasteiger charge is -2.03. The number of nitrogens with zero attached hydrogens (tertiary/aromatic N) is 2. The van der Waals surface area contributed by atoms with Crippen molar-refractivity contribution in [3.63, 3.8) is 0 Å². The Morgan fingerprint density at radius 2 is 1.96 bits per heavy atom. The maximum absolute atomic E-state index is 13.6. The Morgan fingerprint density at radius 3 is 2.70 bits per heavy atom. The van der Waals surface area contributed by atoms with Crippen molar-refractivity contribution in [2.75, 3.05) is 0 Å². The second kappa shape index (κ2) is 6.58. The van der Waals surface area contributed by atoms with E-state index in [0.717, 1.165) is 11.6 Å². The molecular formula is C16H10ClFN2O3. The van der Waals surface area contributed by atoms with E-state index in [4.69, 9.17) is 20.8 Å². The van der Waals surface area contributed by atoms with Crippen molar-refractivity contribution in [2.24, 2.45) is 0 Å². The molecule has 23 heavy (non-hydrogen) atoms. The predicted octanol–water partition coefficient (Wildman–Crippen LogP) is 3.89. The summed E-state index contributed by atoms with van der Waals surface area (Å²) in [6, 6.07) is 12.9. The fraction of sp³-hybridized carbons (Fsp3) is 0.0625. The van der Waals surface area contributed by atoms with Crippen molar-refractivity contribution in [3.05, 3.63) is 70.8 Å². The van der Waals surface area contributed by atoms with Crippen LogP contribution >= 0.6 is 11.6 Å². The topological polar surface area (TPSA) is 65.2 Å². The average Bonchev–Trinajstić information content (AvgIpc) is 3.02. The van der Waals surface area contributed by atoms with Crippen LogP contribution in [0.4, 0.5) is 4.39 Å². The SMILES string of the molecule is O=C(OCc1nnc(-c2ccccc2)o1)c1ccc(Cl)cc1F. The Balaban J connectivity index is 1.67. The molecule has 0 amide bonds. The molecule has 7 heteroatoms. The highest BCUT2D eigenvalue weighted by molar-refractivity contribution is 6.30. The van der Waals surface area contributed by atoms with Crippen LogP contribution in [0.15, 0.2) is 52.9 Å². The molecule has 0 saturated heterocycles. The van der Waals surface area contributed by atoms with E-state index in [1.54, 1.807) is 0 Å². The average molecular weight is 333 g/mol. The second-order valence-corrected chi connectivity index (χ2v) is 5.00. The molecule has 2 aromatic carbocycles. The molecule has 0 radical (unpaired) electrons. The van der Waals surface area contributed by atoms with Gasteiger partial charge >= 0.3 is 5.97 Å². The lowest BCUT2D eigenvalue weighted by molar-refractivity contribution is 0.0433. The van der Waals surface area contributed by atoms with Crippen molar-refractivity contribution in [2.45, 2.75) is 6.61 Å². The summed E-state index contributed by atoms with van der Waals surface area (Å²) >= 11 is 5.63. The van der Waals surface area contributed by atoms with E-state index in [2.05, 4.69) is 10.2 Å². The minimum Gasteiger partial charge on any atom is -0.452 e. The summed E-state index contributed by atoms with van der Waals surface area (Å²) in [5, 5.41) is 7.85. The lowest BCUT2D eigenvalue weighted by atomic mass is 10.2.